The van der Waals surface area contributed by atoms with Crippen LogP contribution in [-0.4, -0.2) is 35.2 Å². The highest BCUT2D eigenvalue weighted by Gasteiger charge is 2.19. The monoisotopic (exact) mass is 360 g/mol. The average Bonchev–Trinajstić information content (AvgIpc) is 2.61. The lowest BCUT2D eigenvalue weighted by Crippen LogP contribution is -2.43. The average molecular weight is 360 g/mol. The smallest absolute Gasteiger partial charge is 0.326 e. The molecular formula is C18H20N2O4S. The molecule has 0 aliphatic rings. The summed E-state index contributed by atoms with van der Waals surface area (Å²) in [7, 11) is 0. The Hall–Kier alpha value is -2.67. The van der Waals surface area contributed by atoms with Gasteiger partial charge in [0.05, 0.1) is 0 Å². The number of carbonyl (C=O) groups excluding carboxylic acids is 1. The number of para-hydroxylation sites is 1. The number of hydrogen-bond donors (Lipinski definition) is 3. The van der Waals surface area contributed by atoms with Crippen LogP contribution in [0.2, 0.25) is 0 Å². The van der Waals surface area contributed by atoms with Crippen LogP contribution in [0.4, 0.5) is 10.5 Å². The summed E-state index contributed by atoms with van der Waals surface area (Å²) in [4.78, 5) is 23.1. The highest BCUT2D eigenvalue weighted by molar-refractivity contribution is 7.98. The molecule has 25 heavy (non-hydrogen) atoms. The van der Waals surface area contributed by atoms with Gasteiger partial charge < -0.3 is 20.5 Å². The van der Waals surface area contributed by atoms with Crippen molar-refractivity contribution in [3.05, 3.63) is 54.6 Å². The van der Waals surface area contributed by atoms with Crippen LogP contribution in [0.1, 0.15) is 6.42 Å². The molecule has 0 aliphatic heterocycles. The number of anilines is 1. The number of ether oxygens (including phenoxy) is 1. The predicted molar refractivity (Wildman–Crippen MR) is 99.5 cm³/mol. The molecule has 0 fully saturated rings. The molecule has 0 aromatic heterocycles. The maximum absolute atomic E-state index is 11.9. The molecule has 0 heterocycles. The van der Waals surface area contributed by atoms with Crippen molar-refractivity contribution in [3.63, 3.8) is 0 Å². The van der Waals surface area contributed by atoms with Gasteiger partial charge >= 0.3 is 12.0 Å². The molecule has 132 valence electrons. The standard InChI is InChI=1S/C18H20N2O4S/c1-25-12-11-16(17(21)22)20-18(23)19-13-7-9-15(10-8-13)24-14-5-3-2-4-6-14/h2-10,16H,11-12H2,1H3,(H,21,22)(H2,19,20,23). The summed E-state index contributed by atoms with van der Waals surface area (Å²) in [6.45, 7) is 0. The topological polar surface area (TPSA) is 87.7 Å². The Bertz CT molecular complexity index is 692. The molecule has 0 saturated heterocycles. The fraction of sp³-hybridized carbons (Fsp3) is 0.222. The third kappa shape index (κ3) is 6.39. The van der Waals surface area contributed by atoms with Crippen molar-refractivity contribution in [2.24, 2.45) is 0 Å². The Labute approximate surface area is 150 Å². The minimum Gasteiger partial charge on any atom is -0.480 e. The number of carbonyl (C=O) groups is 2. The van der Waals surface area contributed by atoms with Crippen molar-refractivity contribution in [1.82, 2.24) is 5.32 Å². The van der Waals surface area contributed by atoms with Gasteiger partial charge in [-0.15, -0.1) is 0 Å². The van der Waals surface area contributed by atoms with Crippen LogP contribution in [0.3, 0.4) is 0 Å². The second-order valence-corrected chi connectivity index (χ2v) is 6.20. The quantitative estimate of drug-likeness (QED) is 0.666. The summed E-state index contributed by atoms with van der Waals surface area (Å²) in [6, 6.07) is 14.7. The molecule has 2 amide bonds. The number of benzene rings is 2. The molecule has 1 atom stereocenters. The van der Waals surface area contributed by atoms with Crippen molar-refractivity contribution >= 4 is 29.4 Å². The van der Waals surface area contributed by atoms with E-state index in [0.29, 0.717) is 23.6 Å². The highest BCUT2D eigenvalue weighted by Crippen LogP contribution is 2.22. The van der Waals surface area contributed by atoms with Crippen molar-refractivity contribution in [3.8, 4) is 11.5 Å². The van der Waals surface area contributed by atoms with Crippen LogP contribution < -0.4 is 15.4 Å². The van der Waals surface area contributed by atoms with Crippen molar-refractivity contribution in [2.45, 2.75) is 12.5 Å². The third-order valence-electron chi connectivity index (χ3n) is 3.31. The van der Waals surface area contributed by atoms with E-state index in [4.69, 9.17) is 9.84 Å². The van der Waals surface area contributed by atoms with Gasteiger partial charge in [0.1, 0.15) is 17.5 Å². The maximum Gasteiger partial charge on any atom is 0.326 e. The van der Waals surface area contributed by atoms with E-state index in [1.54, 1.807) is 24.3 Å². The molecule has 2 aromatic rings. The molecule has 0 saturated carbocycles. The van der Waals surface area contributed by atoms with Crippen LogP contribution >= 0.6 is 11.8 Å². The fourth-order valence-electron chi connectivity index (χ4n) is 2.05. The van der Waals surface area contributed by atoms with E-state index in [-0.39, 0.29) is 0 Å². The van der Waals surface area contributed by atoms with Crippen LogP contribution in [0, 0.1) is 0 Å². The van der Waals surface area contributed by atoms with E-state index in [1.165, 1.54) is 11.8 Å². The van der Waals surface area contributed by atoms with E-state index in [9.17, 15) is 9.59 Å². The number of carboxylic acids is 1. The molecular weight excluding hydrogens is 340 g/mol. The van der Waals surface area contributed by atoms with Gasteiger partial charge in [-0.05, 0) is 54.8 Å². The SMILES string of the molecule is CSCCC(NC(=O)Nc1ccc(Oc2ccccc2)cc1)C(=O)O. The lowest BCUT2D eigenvalue weighted by Gasteiger charge is -2.15. The summed E-state index contributed by atoms with van der Waals surface area (Å²) in [6.07, 6.45) is 2.26. The zero-order chi connectivity index (χ0) is 18.1. The zero-order valence-corrected chi connectivity index (χ0v) is 14.6. The normalized spacial score (nSPS) is 11.4. The zero-order valence-electron chi connectivity index (χ0n) is 13.8. The first-order valence-electron chi connectivity index (χ1n) is 7.70. The summed E-state index contributed by atoms with van der Waals surface area (Å²) in [5.74, 6) is 0.971. The minimum absolute atomic E-state index is 0.369. The first-order chi connectivity index (χ1) is 12.1. The van der Waals surface area contributed by atoms with E-state index < -0.39 is 18.0 Å². The van der Waals surface area contributed by atoms with Gasteiger partial charge in [-0.3, -0.25) is 0 Å². The second-order valence-electron chi connectivity index (χ2n) is 5.21. The lowest BCUT2D eigenvalue weighted by molar-refractivity contribution is -0.139. The second kappa shape index (κ2) is 9.58. The van der Waals surface area contributed by atoms with Crippen molar-refractivity contribution in [1.29, 1.82) is 0 Å². The summed E-state index contributed by atoms with van der Waals surface area (Å²) >= 11 is 1.53. The molecule has 0 radical (unpaired) electrons. The molecule has 0 aliphatic carbocycles. The third-order valence-corrected chi connectivity index (χ3v) is 3.95. The number of nitrogens with one attached hydrogen (secondary N) is 2. The van der Waals surface area contributed by atoms with E-state index in [2.05, 4.69) is 10.6 Å². The first-order valence-corrected chi connectivity index (χ1v) is 9.10. The van der Waals surface area contributed by atoms with E-state index >= 15 is 0 Å². The molecule has 0 bridgehead atoms. The first kappa shape index (κ1) is 18.7. The summed E-state index contributed by atoms with van der Waals surface area (Å²) < 4.78 is 5.67. The fourth-order valence-corrected chi connectivity index (χ4v) is 2.52. The van der Waals surface area contributed by atoms with Crippen LogP contribution in [0.25, 0.3) is 0 Å². The number of aliphatic carboxylic acids is 1. The Morgan fingerprint density at radius 1 is 1.08 bits per heavy atom. The van der Waals surface area contributed by atoms with Gasteiger partial charge in [-0.1, -0.05) is 18.2 Å². The van der Waals surface area contributed by atoms with Crippen LogP contribution in [-0.2, 0) is 4.79 Å². The number of carboxylic acid groups (broad SMARTS) is 1. The van der Waals surface area contributed by atoms with Gasteiger partial charge in [-0.25, -0.2) is 9.59 Å². The Balaban J connectivity index is 1.89. The van der Waals surface area contributed by atoms with E-state index in [1.807, 2.05) is 36.6 Å². The molecule has 3 N–H and O–H groups in total. The van der Waals surface area contributed by atoms with Gasteiger partial charge in [-0.2, -0.15) is 11.8 Å². The van der Waals surface area contributed by atoms with Crippen LogP contribution in [0.5, 0.6) is 11.5 Å². The molecule has 0 spiro atoms. The molecule has 1 unspecified atom stereocenters. The van der Waals surface area contributed by atoms with Gasteiger partial charge in [0.15, 0.2) is 0 Å². The van der Waals surface area contributed by atoms with Gasteiger partial charge in [0.2, 0.25) is 0 Å². The Kier molecular flexibility index (Phi) is 7.16. The minimum atomic E-state index is -1.05. The van der Waals surface area contributed by atoms with Crippen LogP contribution in [0.15, 0.2) is 54.6 Å². The number of amides is 2. The van der Waals surface area contributed by atoms with Crippen molar-refractivity contribution in [2.75, 3.05) is 17.3 Å². The number of thioether (sulfide) groups is 1. The number of hydrogen-bond acceptors (Lipinski definition) is 4. The van der Waals surface area contributed by atoms with Crippen molar-refractivity contribution < 1.29 is 19.4 Å². The van der Waals surface area contributed by atoms with Gasteiger partial charge in [0, 0.05) is 5.69 Å². The molecule has 7 heteroatoms. The molecule has 6 nitrogen and oxygen atoms in total. The van der Waals surface area contributed by atoms with Gasteiger partial charge in [0.25, 0.3) is 0 Å². The number of rotatable bonds is 8. The highest BCUT2D eigenvalue weighted by atomic mass is 32.2. The maximum atomic E-state index is 11.9. The Morgan fingerprint density at radius 3 is 2.32 bits per heavy atom. The molecule has 2 rings (SSSR count). The number of urea groups is 1. The predicted octanol–water partition coefficient (Wildman–Crippen LogP) is 3.81. The molecule has 2 aromatic carbocycles. The summed E-state index contributed by atoms with van der Waals surface area (Å²) in [5.41, 5.74) is 0.548. The largest absolute Gasteiger partial charge is 0.480 e. The van der Waals surface area contributed by atoms with E-state index in [0.717, 1.165) is 5.75 Å². The Morgan fingerprint density at radius 2 is 1.72 bits per heavy atom. The lowest BCUT2D eigenvalue weighted by atomic mass is 10.2. The summed E-state index contributed by atoms with van der Waals surface area (Å²) in [5, 5.41) is 14.2.